The van der Waals surface area contributed by atoms with Crippen LogP contribution in [0.1, 0.15) is 26.7 Å². The van der Waals surface area contributed by atoms with Crippen LogP contribution in [0.4, 0.5) is 11.4 Å². The minimum atomic E-state index is 0.185. The number of anilines is 2. The van der Waals surface area contributed by atoms with E-state index in [4.69, 9.17) is 5.11 Å². The number of aliphatic hydroxyl groups is 1. The highest BCUT2D eigenvalue weighted by Gasteiger charge is 2.04. The Bertz CT molecular complexity index is 307. The van der Waals surface area contributed by atoms with Crippen LogP contribution in [-0.2, 0) is 0 Å². The summed E-state index contributed by atoms with van der Waals surface area (Å²) in [5.74, 6) is 0. The average Bonchev–Trinajstić information content (AvgIpc) is 2.37. The fourth-order valence-electron chi connectivity index (χ4n) is 1.82. The van der Waals surface area contributed by atoms with Crippen LogP contribution >= 0.6 is 0 Å². The summed E-state index contributed by atoms with van der Waals surface area (Å²) in [4.78, 5) is 2.04. The number of likely N-dealkylation sites (N-methyl/N-ethyl adjacent to an activating group) is 1. The lowest BCUT2D eigenvalue weighted by atomic mass is 10.1. The third-order valence-corrected chi connectivity index (χ3v) is 3.10. The minimum Gasteiger partial charge on any atom is -0.395 e. The van der Waals surface area contributed by atoms with Crippen molar-refractivity contribution < 1.29 is 5.11 Å². The second-order valence-corrected chi connectivity index (χ2v) is 4.35. The Kier molecular flexibility index (Phi) is 5.84. The summed E-state index contributed by atoms with van der Waals surface area (Å²) in [6.07, 6.45) is 2.28. The number of nitrogens with one attached hydrogen (secondary N) is 1. The molecular weight excluding hydrogens is 212 g/mol. The van der Waals surface area contributed by atoms with Crippen molar-refractivity contribution in [2.75, 3.05) is 30.4 Å². The van der Waals surface area contributed by atoms with Crippen LogP contribution in [0, 0.1) is 0 Å². The molecule has 0 aliphatic carbocycles. The van der Waals surface area contributed by atoms with Gasteiger partial charge in [0.05, 0.1) is 6.61 Å². The topological polar surface area (TPSA) is 35.5 Å². The first kappa shape index (κ1) is 13.8. The molecule has 0 aromatic heterocycles. The maximum absolute atomic E-state index is 8.88. The van der Waals surface area contributed by atoms with E-state index >= 15 is 0 Å². The molecule has 0 atom stereocenters. The highest BCUT2D eigenvalue weighted by Crippen LogP contribution is 2.18. The van der Waals surface area contributed by atoms with Gasteiger partial charge in [0.2, 0.25) is 0 Å². The molecule has 0 fully saturated rings. The van der Waals surface area contributed by atoms with E-state index in [1.165, 1.54) is 5.69 Å². The van der Waals surface area contributed by atoms with Gasteiger partial charge in [0, 0.05) is 31.0 Å². The second-order valence-electron chi connectivity index (χ2n) is 4.35. The first-order chi connectivity index (χ1) is 8.21. The van der Waals surface area contributed by atoms with Crippen LogP contribution in [-0.4, -0.2) is 31.3 Å². The Morgan fingerprint density at radius 3 is 2.24 bits per heavy atom. The number of aliphatic hydroxyl groups excluding tert-OH is 1. The standard InChI is InChI=1S/C14H24N2O/c1-4-12(5-2)15-13-6-8-14(9-7-13)16(3)10-11-17/h6-9,12,15,17H,4-5,10-11H2,1-3H3. The molecule has 0 saturated carbocycles. The number of nitrogens with zero attached hydrogens (tertiary/aromatic N) is 1. The highest BCUT2D eigenvalue weighted by molar-refractivity contribution is 5.55. The molecule has 0 spiro atoms. The van der Waals surface area contributed by atoms with Gasteiger partial charge < -0.3 is 15.3 Å². The van der Waals surface area contributed by atoms with Gasteiger partial charge in [-0.3, -0.25) is 0 Å². The van der Waals surface area contributed by atoms with E-state index in [9.17, 15) is 0 Å². The van der Waals surface area contributed by atoms with Gasteiger partial charge in [0.25, 0.3) is 0 Å². The summed E-state index contributed by atoms with van der Waals surface area (Å²) in [5.41, 5.74) is 2.30. The third kappa shape index (κ3) is 4.27. The Morgan fingerprint density at radius 1 is 1.18 bits per heavy atom. The van der Waals surface area contributed by atoms with Gasteiger partial charge in [-0.15, -0.1) is 0 Å². The molecule has 0 bridgehead atoms. The Morgan fingerprint density at radius 2 is 1.76 bits per heavy atom. The van der Waals surface area contributed by atoms with Crippen molar-refractivity contribution in [1.29, 1.82) is 0 Å². The van der Waals surface area contributed by atoms with Crippen LogP contribution in [0.2, 0.25) is 0 Å². The van der Waals surface area contributed by atoms with Crippen molar-refractivity contribution in [1.82, 2.24) is 0 Å². The molecule has 0 amide bonds. The van der Waals surface area contributed by atoms with Gasteiger partial charge in [-0.25, -0.2) is 0 Å². The largest absolute Gasteiger partial charge is 0.395 e. The zero-order valence-electron chi connectivity index (χ0n) is 11.1. The molecule has 0 aliphatic rings. The van der Waals surface area contributed by atoms with E-state index in [2.05, 4.69) is 43.4 Å². The van der Waals surface area contributed by atoms with Gasteiger partial charge in [-0.05, 0) is 37.1 Å². The first-order valence-corrected chi connectivity index (χ1v) is 6.39. The predicted molar refractivity (Wildman–Crippen MR) is 74.8 cm³/mol. The Labute approximate surface area is 104 Å². The van der Waals surface area contributed by atoms with Gasteiger partial charge in [-0.2, -0.15) is 0 Å². The molecule has 0 unspecified atom stereocenters. The monoisotopic (exact) mass is 236 g/mol. The third-order valence-electron chi connectivity index (χ3n) is 3.10. The molecule has 1 aromatic rings. The molecule has 0 heterocycles. The number of rotatable bonds is 7. The van der Waals surface area contributed by atoms with E-state index in [1.807, 2.05) is 11.9 Å². The van der Waals surface area contributed by atoms with Gasteiger partial charge in [-0.1, -0.05) is 13.8 Å². The summed E-state index contributed by atoms with van der Waals surface area (Å²) in [6, 6.07) is 8.92. The van der Waals surface area contributed by atoms with Crippen molar-refractivity contribution in [3.8, 4) is 0 Å². The van der Waals surface area contributed by atoms with Crippen molar-refractivity contribution in [2.45, 2.75) is 32.7 Å². The molecule has 0 saturated heterocycles. The summed E-state index contributed by atoms with van der Waals surface area (Å²) >= 11 is 0. The van der Waals surface area contributed by atoms with E-state index in [0.717, 1.165) is 18.5 Å². The lowest BCUT2D eigenvalue weighted by molar-refractivity contribution is 0.304. The van der Waals surface area contributed by atoms with E-state index in [0.29, 0.717) is 12.6 Å². The highest BCUT2D eigenvalue weighted by atomic mass is 16.3. The number of benzene rings is 1. The van der Waals surface area contributed by atoms with Crippen LogP contribution in [0.15, 0.2) is 24.3 Å². The number of hydrogen-bond acceptors (Lipinski definition) is 3. The molecule has 2 N–H and O–H groups in total. The SMILES string of the molecule is CCC(CC)Nc1ccc(N(C)CCO)cc1. The number of hydrogen-bond donors (Lipinski definition) is 2. The lowest BCUT2D eigenvalue weighted by Gasteiger charge is -2.20. The maximum atomic E-state index is 8.88. The molecule has 1 aromatic carbocycles. The van der Waals surface area contributed by atoms with Gasteiger partial charge in [0.15, 0.2) is 0 Å². The van der Waals surface area contributed by atoms with E-state index < -0.39 is 0 Å². The quantitative estimate of drug-likeness (QED) is 0.764. The fourth-order valence-corrected chi connectivity index (χ4v) is 1.82. The molecule has 3 nitrogen and oxygen atoms in total. The fraction of sp³-hybridized carbons (Fsp3) is 0.571. The lowest BCUT2D eigenvalue weighted by Crippen LogP contribution is -2.21. The van der Waals surface area contributed by atoms with Crippen LogP contribution in [0.3, 0.4) is 0 Å². The average molecular weight is 236 g/mol. The van der Waals surface area contributed by atoms with Crippen LogP contribution in [0.25, 0.3) is 0 Å². The second kappa shape index (κ2) is 7.17. The van der Waals surface area contributed by atoms with Gasteiger partial charge >= 0.3 is 0 Å². The molecule has 96 valence electrons. The zero-order valence-corrected chi connectivity index (χ0v) is 11.1. The normalized spacial score (nSPS) is 10.6. The Balaban J connectivity index is 2.61. The van der Waals surface area contributed by atoms with E-state index in [1.54, 1.807) is 0 Å². The summed E-state index contributed by atoms with van der Waals surface area (Å²) in [5, 5.41) is 12.4. The molecular formula is C14H24N2O. The maximum Gasteiger partial charge on any atom is 0.0606 e. The summed E-state index contributed by atoms with van der Waals surface area (Å²) in [7, 11) is 1.99. The summed E-state index contributed by atoms with van der Waals surface area (Å²) in [6.45, 7) is 5.25. The molecule has 0 aliphatic heterocycles. The van der Waals surface area contributed by atoms with Crippen molar-refractivity contribution in [3.63, 3.8) is 0 Å². The van der Waals surface area contributed by atoms with Crippen molar-refractivity contribution in [3.05, 3.63) is 24.3 Å². The van der Waals surface area contributed by atoms with Crippen LogP contribution in [0.5, 0.6) is 0 Å². The van der Waals surface area contributed by atoms with Crippen LogP contribution < -0.4 is 10.2 Å². The van der Waals surface area contributed by atoms with Gasteiger partial charge in [0.1, 0.15) is 0 Å². The Hall–Kier alpha value is -1.22. The smallest absolute Gasteiger partial charge is 0.0606 e. The van der Waals surface area contributed by atoms with Crippen molar-refractivity contribution >= 4 is 11.4 Å². The first-order valence-electron chi connectivity index (χ1n) is 6.39. The zero-order chi connectivity index (χ0) is 12.7. The molecule has 3 heteroatoms. The molecule has 1 rings (SSSR count). The van der Waals surface area contributed by atoms with E-state index in [-0.39, 0.29) is 6.61 Å². The predicted octanol–water partition coefficient (Wildman–Crippen LogP) is 2.72. The summed E-state index contributed by atoms with van der Waals surface area (Å²) < 4.78 is 0. The minimum absolute atomic E-state index is 0.185. The van der Waals surface area contributed by atoms with Crippen molar-refractivity contribution in [2.24, 2.45) is 0 Å². The molecule has 0 radical (unpaired) electrons. The molecule has 17 heavy (non-hydrogen) atoms.